The highest BCUT2D eigenvalue weighted by atomic mass is 16.4. The Labute approximate surface area is 228 Å². The molecule has 5 unspecified atom stereocenters. The van der Waals surface area contributed by atoms with Gasteiger partial charge in [-0.25, -0.2) is 4.79 Å². The lowest BCUT2D eigenvalue weighted by Crippen LogP contribution is -2.58. The third kappa shape index (κ3) is 9.36. The van der Waals surface area contributed by atoms with Gasteiger partial charge in [0.25, 0.3) is 0 Å². The quantitative estimate of drug-likeness (QED) is 0.116. The predicted molar refractivity (Wildman–Crippen MR) is 139 cm³/mol. The molecule has 2 rings (SSSR count). The molecule has 40 heavy (non-hydrogen) atoms. The van der Waals surface area contributed by atoms with Gasteiger partial charge in [0.05, 0.1) is 12.1 Å². The molecule has 1 aromatic heterocycles. The summed E-state index contributed by atoms with van der Waals surface area (Å²) in [6.07, 6.45) is -1.56. The minimum Gasteiger partial charge on any atom is -0.481 e. The molecule has 0 saturated heterocycles. The largest absolute Gasteiger partial charge is 0.481 e. The van der Waals surface area contributed by atoms with Crippen molar-refractivity contribution in [3.05, 3.63) is 36.0 Å². The molecule has 15 nitrogen and oxygen atoms in total. The third-order valence-corrected chi connectivity index (χ3v) is 6.06. The fourth-order valence-electron chi connectivity index (χ4n) is 3.87. The molecule has 0 bridgehead atoms. The molecule has 1 heterocycles. The Hall–Kier alpha value is -4.50. The van der Waals surface area contributed by atoms with Crippen molar-refractivity contribution in [3.8, 4) is 0 Å². The topological polar surface area (TPSA) is 261 Å². The van der Waals surface area contributed by atoms with Gasteiger partial charge in [-0.1, -0.05) is 18.2 Å². The van der Waals surface area contributed by atoms with Gasteiger partial charge in [0.2, 0.25) is 17.7 Å². The molecule has 0 radical (unpaired) electrons. The fraction of sp³-hybridized carbons (Fsp3) is 0.440. The van der Waals surface area contributed by atoms with Crippen molar-refractivity contribution in [1.29, 1.82) is 0 Å². The number of carboxylic acid groups (broad SMARTS) is 3. The minimum absolute atomic E-state index is 0.0913. The van der Waals surface area contributed by atoms with Crippen molar-refractivity contribution < 1.29 is 49.2 Å². The van der Waals surface area contributed by atoms with E-state index in [0.29, 0.717) is 5.56 Å². The highest BCUT2D eigenvalue weighted by Crippen LogP contribution is 2.19. The van der Waals surface area contributed by atoms with Gasteiger partial charge in [-0.3, -0.25) is 24.0 Å². The van der Waals surface area contributed by atoms with Crippen LogP contribution in [-0.2, 0) is 35.2 Å². The van der Waals surface area contributed by atoms with Crippen LogP contribution in [0.25, 0.3) is 10.9 Å². The highest BCUT2D eigenvalue weighted by Gasteiger charge is 2.32. The Morgan fingerprint density at radius 2 is 1.43 bits per heavy atom. The first-order valence-electron chi connectivity index (χ1n) is 12.4. The number of aliphatic hydroxyl groups is 1. The van der Waals surface area contributed by atoms with Crippen molar-refractivity contribution in [2.45, 2.75) is 69.3 Å². The average molecular weight is 564 g/mol. The Morgan fingerprint density at radius 1 is 0.850 bits per heavy atom. The van der Waals surface area contributed by atoms with Crippen LogP contribution in [0.2, 0.25) is 0 Å². The van der Waals surface area contributed by atoms with Crippen LogP contribution in [0.15, 0.2) is 30.5 Å². The molecular weight excluding hydrogens is 530 g/mol. The Balaban J connectivity index is 2.32. The van der Waals surface area contributed by atoms with Crippen molar-refractivity contribution >= 4 is 46.5 Å². The zero-order valence-electron chi connectivity index (χ0n) is 21.6. The van der Waals surface area contributed by atoms with E-state index in [2.05, 4.69) is 20.9 Å². The van der Waals surface area contributed by atoms with Crippen molar-refractivity contribution in [2.24, 2.45) is 5.73 Å². The molecule has 0 aliphatic rings. The van der Waals surface area contributed by atoms with Gasteiger partial charge >= 0.3 is 17.9 Å². The molecule has 2 aromatic rings. The Morgan fingerprint density at radius 3 is 2.02 bits per heavy atom. The van der Waals surface area contributed by atoms with Gasteiger partial charge in [0.15, 0.2) is 6.04 Å². The zero-order chi connectivity index (χ0) is 30.0. The lowest BCUT2D eigenvalue weighted by molar-refractivity contribution is -0.145. The first-order valence-corrected chi connectivity index (χ1v) is 12.4. The normalized spacial score (nSPS) is 14.8. The molecule has 218 valence electrons. The van der Waals surface area contributed by atoms with E-state index in [9.17, 15) is 39.0 Å². The van der Waals surface area contributed by atoms with Crippen LogP contribution in [0.1, 0.15) is 38.2 Å². The van der Waals surface area contributed by atoms with Gasteiger partial charge in [-0.15, -0.1) is 0 Å². The van der Waals surface area contributed by atoms with E-state index < -0.39 is 78.7 Å². The van der Waals surface area contributed by atoms with E-state index in [1.165, 1.54) is 0 Å². The van der Waals surface area contributed by atoms with Crippen LogP contribution < -0.4 is 21.7 Å². The number of aromatic nitrogens is 1. The number of carbonyl (C=O) groups is 6. The van der Waals surface area contributed by atoms with Crippen LogP contribution in [0.4, 0.5) is 0 Å². The lowest BCUT2D eigenvalue weighted by atomic mass is 10.0. The summed E-state index contributed by atoms with van der Waals surface area (Å²) in [5.74, 6) is -6.79. The zero-order valence-corrected chi connectivity index (χ0v) is 21.6. The third-order valence-electron chi connectivity index (χ3n) is 6.06. The van der Waals surface area contributed by atoms with E-state index >= 15 is 0 Å². The molecule has 15 heteroatoms. The van der Waals surface area contributed by atoms with Crippen LogP contribution in [0.5, 0.6) is 0 Å². The summed E-state index contributed by atoms with van der Waals surface area (Å²) in [6, 6.07) is 1.26. The summed E-state index contributed by atoms with van der Waals surface area (Å²) in [5, 5.41) is 44.6. The predicted octanol–water partition coefficient (Wildman–Crippen LogP) is -1.31. The molecule has 0 spiro atoms. The summed E-state index contributed by atoms with van der Waals surface area (Å²) in [5.41, 5.74) is 7.16. The number of fused-ring (bicyclic) bond motifs is 1. The van der Waals surface area contributed by atoms with E-state index in [-0.39, 0.29) is 19.3 Å². The monoisotopic (exact) mass is 563 g/mol. The molecule has 0 aliphatic carbocycles. The molecule has 0 aliphatic heterocycles. The number of carbonyl (C=O) groups excluding carboxylic acids is 3. The molecule has 3 amide bonds. The standard InChI is InChI=1S/C25H33N5O10/c1-12(31)21(25(39)40)30-23(37)17(7-9-20(34)35)28-24(38)18(29-22(36)15(26)6-8-19(32)33)10-13-11-27-16-5-3-2-4-14(13)16/h2-5,11-12,15,17-18,21,27,31H,6-10,26H2,1H3,(H,28,38)(H,29,36)(H,30,37)(H,32,33)(H,34,35)(H,39,40). The number of H-pyrrole nitrogens is 1. The van der Waals surface area contributed by atoms with E-state index in [1.54, 1.807) is 30.5 Å². The summed E-state index contributed by atoms with van der Waals surface area (Å²) >= 11 is 0. The van der Waals surface area contributed by atoms with Crippen LogP contribution in [0, 0.1) is 0 Å². The highest BCUT2D eigenvalue weighted by molar-refractivity contribution is 5.95. The molecule has 1 aromatic carbocycles. The first-order chi connectivity index (χ1) is 18.8. The molecular formula is C25H33N5O10. The Kier molecular flexibility index (Phi) is 11.6. The number of carboxylic acids is 3. The van der Waals surface area contributed by atoms with E-state index in [0.717, 1.165) is 17.8 Å². The smallest absolute Gasteiger partial charge is 0.328 e. The minimum atomic E-state index is -1.73. The van der Waals surface area contributed by atoms with Gasteiger partial charge < -0.3 is 47.1 Å². The number of nitrogens with one attached hydrogen (secondary N) is 4. The number of para-hydroxylation sites is 1. The number of benzene rings is 1. The lowest BCUT2D eigenvalue weighted by Gasteiger charge is -2.25. The van der Waals surface area contributed by atoms with Crippen molar-refractivity contribution in [1.82, 2.24) is 20.9 Å². The summed E-state index contributed by atoms with van der Waals surface area (Å²) in [7, 11) is 0. The van der Waals surface area contributed by atoms with Gasteiger partial charge in [-0.05, 0) is 31.4 Å². The number of rotatable bonds is 16. The van der Waals surface area contributed by atoms with Gasteiger partial charge in [-0.2, -0.15) is 0 Å². The maximum absolute atomic E-state index is 13.4. The molecule has 5 atom stereocenters. The summed E-state index contributed by atoms with van der Waals surface area (Å²) < 4.78 is 0. The second-order valence-corrected chi connectivity index (χ2v) is 9.22. The average Bonchev–Trinajstić information content (AvgIpc) is 3.29. The Bertz CT molecular complexity index is 1240. The second kappa shape index (κ2) is 14.6. The van der Waals surface area contributed by atoms with E-state index in [4.69, 9.17) is 15.9 Å². The summed E-state index contributed by atoms with van der Waals surface area (Å²) in [6.45, 7) is 1.13. The van der Waals surface area contributed by atoms with Gasteiger partial charge in [0.1, 0.15) is 12.1 Å². The second-order valence-electron chi connectivity index (χ2n) is 9.22. The number of aliphatic carboxylic acids is 3. The van der Waals surface area contributed by atoms with Crippen molar-refractivity contribution in [3.63, 3.8) is 0 Å². The molecule has 10 N–H and O–H groups in total. The maximum atomic E-state index is 13.4. The summed E-state index contributed by atoms with van der Waals surface area (Å²) in [4.78, 5) is 75.4. The van der Waals surface area contributed by atoms with Gasteiger partial charge in [0, 0.05) is 36.4 Å². The maximum Gasteiger partial charge on any atom is 0.328 e. The molecule has 0 fully saturated rings. The van der Waals surface area contributed by atoms with Crippen LogP contribution >= 0.6 is 0 Å². The number of amides is 3. The van der Waals surface area contributed by atoms with Crippen molar-refractivity contribution in [2.75, 3.05) is 0 Å². The number of hydrogen-bond acceptors (Lipinski definition) is 8. The fourth-order valence-corrected chi connectivity index (χ4v) is 3.87. The van der Waals surface area contributed by atoms with Crippen LogP contribution in [-0.4, -0.2) is 91.3 Å². The first kappa shape index (κ1) is 31.7. The number of nitrogens with two attached hydrogens (primary N) is 1. The van der Waals surface area contributed by atoms with Crippen LogP contribution in [0.3, 0.4) is 0 Å². The number of aromatic amines is 1. The molecule has 0 saturated carbocycles. The van der Waals surface area contributed by atoms with E-state index in [1.807, 2.05) is 0 Å². The number of hydrogen-bond donors (Lipinski definition) is 9. The number of aliphatic hydroxyl groups excluding tert-OH is 1. The SMILES string of the molecule is CC(O)C(NC(=O)C(CCC(=O)O)NC(=O)C(Cc1c[nH]c2ccccc12)NC(=O)C(N)CCC(=O)O)C(=O)O.